The molecule has 2 N–H and O–H groups in total. The minimum atomic E-state index is -1.19. The molecule has 0 fully saturated rings. The molecule has 0 atom stereocenters. The molecule has 7 heteroatoms. The van der Waals surface area contributed by atoms with E-state index in [-0.39, 0.29) is 28.6 Å². The number of anilines is 1. The van der Waals surface area contributed by atoms with Crippen molar-refractivity contribution in [2.45, 2.75) is 6.61 Å². The van der Waals surface area contributed by atoms with E-state index in [4.69, 9.17) is 26.2 Å². The third kappa shape index (κ3) is 4.14. The lowest BCUT2D eigenvalue weighted by molar-refractivity contribution is 0.0696. The first kappa shape index (κ1) is 16.6. The van der Waals surface area contributed by atoms with Crippen LogP contribution in [0.5, 0.6) is 5.75 Å². The molecule has 0 saturated heterocycles. The third-order valence-corrected chi connectivity index (χ3v) is 3.36. The lowest BCUT2D eigenvalue weighted by Gasteiger charge is -2.13. The number of nitrogens with one attached hydrogen (secondary N) is 1. The van der Waals surface area contributed by atoms with E-state index in [2.05, 4.69) is 5.32 Å². The highest BCUT2D eigenvalue weighted by molar-refractivity contribution is 6.35. The summed E-state index contributed by atoms with van der Waals surface area (Å²) < 4.78 is 10.1. The molecule has 0 aliphatic rings. The van der Waals surface area contributed by atoms with Crippen LogP contribution >= 0.6 is 11.6 Å². The van der Waals surface area contributed by atoms with E-state index in [1.807, 2.05) is 30.3 Å². The highest BCUT2D eigenvalue weighted by Crippen LogP contribution is 2.35. The summed E-state index contributed by atoms with van der Waals surface area (Å²) in [6.45, 7) is 0.107. The van der Waals surface area contributed by atoms with E-state index < -0.39 is 12.1 Å². The van der Waals surface area contributed by atoms with E-state index in [0.717, 1.165) is 5.56 Å². The fourth-order valence-electron chi connectivity index (χ4n) is 1.89. The highest BCUT2D eigenvalue weighted by Gasteiger charge is 2.18. The van der Waals surface area contributed by atoms with E-state index in [1.165, 1.54) is 19.2 Å². The van der Waals surface area contributed by atoms with Crippen LogP contribution in [0.25, 0.3) is 0 Å². The lowest BCUT2D eigenvalue weighted by atomic mass is 10.2. The Balaban J connectivity index is 2.08. The van der Waals surface area contributed by atoms with Crippen molar-refractivity contribution in [2.24, 2.45) is 0 Å². The minimum absolute atomic E-state index is 0.0585. The maximum atomic E-state index is 11.8. The van der Waals surface area contributed by atoms with Crippen LogP contribution < -0.4 is 10.1 Å². The zero-order valence-corrected chi connectivity index (χ0v) is 13.0. The van der Waals surface area contributed by atoms with Crippen molar-refractivity contribution in [1.82, 2.24) is 0 Å². The minimum Gasteiger partial charge on any atom is -0.493 e. The second-order valence-electron chi connectivity index (χ2n) is 4.50. The van der Waals surface area contributed by atoms with Gasteiger partial charge in [-0.1, -0.05) is 41.9 Å². The first-order valence-corrected chi connectivity index (χ1v) is 6.98. The lowest BCUT2D eigenvalue weighted by Crippen LogP contribution is -2.14. The summed E-state index contributed by atoms with van der Waals surface area (Å²) in [5.41, 5.74) is 0.946. The number of methoxy groups -OCH3 is 1. The van der Waals surface area contributed by atoms with Crippen LogP contribution in [0.3, 0.4) is 0 Å². The quantitative estimate of drug-likeness (QED) is 0.868. The third-order valence-electron chi connectivity index (χ3n) is 2.98. The first-order chi connectivity index (χ1) is 11.0. The standard InChI is InChI=1S/C16H14ClNO5/c1-22-14-12(8-7-11(13(14)17)15(19)20)18-16(21)23-9-10-5-3-2-4-6-10/h2-8H,9H2,1H3,(H,18,21)(H,19,20). The molecule has 0 saturated carbocycles. The van der Waals surface area contributed by atoms with Gasteiger partial charge in [0.2, 0.25) is 0 Å². The van der Waals surface area contributed by atoms with Gasteiger partial charge >= 0.3 is 12.1 Å². The number of amides is 1. The molecule has 6 nitrogen and oxygen atoms in total. The number of ether oxygens (including phenoxy) is 2. The summed E-state index contributed by atoms with van der Waals surface area (Å²) in [7, 11) is 1.33. The molecule has 120 valence electrons. The maximum Gasteiger partial charge on any atom is 0.412 e. The molecule has 0 aliphatic carbocycles. The largest absolute Gasteiger partial charge is 0.493 e. The fourth-order valence-corrected chi connectivity index (χ4v) is 2.21. The average molecular weight is 336 g/mol. The Kier molecular flexibility index (Phi) is 5.43. The second-order valence-corrected chi connectivity index (χ2v) is 4.88. The van der Waals surface area contributed by atoms with Crippen molar-refractivity contribution in [3.63, 3.8) is 0 Å². The molecule has 0 radical (unpaired) electrons. The molecule has 0 heterocycles. The number of aromatic carboxylic acids is 1. The molecule has 0 spiro atoms. The SMILES string of the molecule is COc1c(NC(=O)OCc2ccccc2)ccc(C(=O)O)c1Cl. The van der Waals surface area contributed by atoms with Gasteiger partial charge in [0.1, 0.15) is 6.61 Å². The van der Waals surface area contributed by atoms with Crippen molar-refractivity contribution in [3.8, 4) is 5.75 Å². The van der Waals surface area contributed by atoms with Crippen LogP contribution in [0, 0.1) is 0 Å². The zero-order chi connectivity index (χ0) is 16.8. The number of halogens is 1. The number of carbonyl (C=O) groups is 2. The van der Waals surface area contributed by atoms with E-state index in [9.17, 15) is 9.59 Å². The van der Waals surface area contributed by atoms with Crippen LogP contribution in [0.1, 0.15) is 15.9 Å². The van der Waals surface area contributed by atoms with Crippen LogP contribution in [-0.2, 0) is 11.3 Å². The topological polar surface area (TPSA) is 84.9 Å². The number of hydrogen-bond acceptors (Lipinski definition) is 4. The molecular weight excluding hydrogens is 322 g/mol. The van der Waals surface area contributed by atoms with Gasteiger partial charge in [-0.05, 0) is 17.7 Å². The van der Waals surface area contributed by atoms with Gasteiger partial charge in [0.25, 0.3) is 0 Å². The molecule has 0 bridgehead atoms. The second kappa shape index (κ2) is 7.51. The maximum absolute atomic E-state index is 11.8. The number of carboxylic acid groups (broad SMARTS) is 1. The summed E-state index contributed by atoms with van der Waals surface area (Å²) in [6.07, 6.45) is -0.703. The van der Waals surface area contributed by atoms with Crippen LogP contribution in [-0.4, -0.2) is 24.3 Å². The molecule has 2 rings (SSSR count). The number of rotatable bonds is 5. The smallest absolute Gasteiger partial charge is 0.412 e. The van der Waals surface area contributed by atoms with Crippen molar-refractivity contribution in [3.05, 3.63) is 58.6 Å². The van der Waals surface area contributed by atoms with Gasteiger partial charge < -0.3 is 14.6 Å². The summed E-state index contributed by atoms with van der Waals surface area (Å²) in [5, 5.41) is 11.4. The van der Waals surface area contributed by atoms with E-state index >= 15 is 0 Å². The average Bonchev–Trinajstić information content (AvgIpc) is 2.54. The molecular formula is C16H14ClNO5. The van der Waals surface area contributed by atoms with Gasteiger partial charge in [0, 0.05) is 0 Å². The number of hydrogen-bond donors (Lipinski definition) is 2. The van der Waals surface area contributed by atoms with Crippen molar-refractivity contribution >= 4 is 29.4 Å². The van der Waals surface area contributed by atoms with Gasteiger partial charge in [-0.3, -0.25) is 5.32 Å². The van der Waals surface area contributed by atoms with Crippen LogP contribution in [0.4, 0.5) is 10.5 Å². The van der Waals surface area contributed by atoms with Gasteiger partial charge in [-0.15, -0.1) is 0 Å². The summed E-state index contributed by atoms with van der Waals surface area (Å²) in [6, 6.07) is 11.9. The first-order valence-electron chi connectivity index (χ1n) is 6.60. The fraction of sp³-hybridized carbons (Fsp3) is 0.125. The molecule has 0 aliphatic heterocycles. The molecule has 0 aromatic heterocycles. The van der Waals surface area contributed by atoms with Crippen LogP contribution in [0.2, 0.25) is 5.02 Å². The van der Waals surface area contributed by atoms with Crippen LogP contribution in [0.15, 0.2) is 42.5 Å². The zero-order valence-electron chi connectivity index (χ0n) is 12.2. The van der Waals surface area contributed by atoms with Gasteiger partial charge in [0.05, 0.1) is 23.4 Å². The molecule has 2 aromatic rings. The normalized spacial score (nSPS) is 10.0. The van der Waals surface area contributed by atoms with Crippen molar-refractivity contribution in [1.29, 1.82) is 0 Å². The Labute approximate surface area is 137 Å². The molecule has 2 aromatic carbocycles. The molecule has 0 unspecified atom stereocenters. The van der Waals surface area contributed by atoms with Gasteiger partial charge in [-0.25, -0.2) is 9.59 Å². The predicted molar refractivity (Wildman–Crippen MR) is 85.2 cm³/mol. The monoisotopic (exact) mass is 335 g/mol. The van der Waals surface area contributed by atoms with Crippen molar-refractivity contribution < 1.29 is 24.2 Å². The summed E-state index contributed by atoms with van der Waals surface area (Å²) in [4.78, 5) is 22.9. The Morgan fingerprint density at radius 2 is 1.87 bits per heavy atom. The molecule has 23 heavy (non-hydrogen) atoms. The van der Waals surface area contributed by atoms with E-state index in [1.54, 1.807) is 0 Å². The Morgan fingerprint density at radius 1 is 1.17 bits per heavy atom. The summed E-state index contributed by atoms with van der Waals surface area (Å²) in [5.74, 6) is -1.13. The number of carbonyl (C=O) groups excluding carboxylic acids is 1. The highest BCUT2D eigenvalue weighted by atomic mass is 35.5. The van der Waals surface area contributed by atoms with Gasteiger partial charge in [0.15, 0.2) is 5.75 Å². The Bertz CT molecular complexity index is 718. The van der Waals surface area contributed by atoms with Gasteiger partial charge in [-0.2, -0.15) is 0 Å². The number of benzene rings is 2. The number of carboxylic acids is 1. The Morgan fingerprint density at radius 3 is 2.48 bits per heavy atom. The summed E-state index contributed by atoms with van der Waals surface area (Å²) >= 11 is 5.97. The van der Waals surface area contributed by atoms with E-state index in [0.29, 0.717) is 0 Å². The predicted octanol–water partition coefficient (Wildman–Crippen LogP) is 3.80. The molecule has 1 amide bonds. The van der Waals surface area contributed by atoms with Crippen molar-refractivity contribution in [2.75, 3.05) is 12.4 Å². The Hall–Kier alpha value is -2.73.